The van der Waals surface area contributed by atoms with Crippen LogP contribution in [-0.2, 0) is 4.79 Å². The van der Waals surface area contributed by atoms with Gasteiger partial charge in [-0.15, -0.1) is 5.10 Å². The molecule has 1 aliphatic rings. The van der Waals surface area contributed by atoms with Gasteiger partial charge in [0, 0.05) is 44.1 Å². The number of nitrogens with zero attached hydrogens (tertiary/aromatic N) is 5. The number of hydrogen-bond acceptors (Lipinski definition) is 7. The number of H-pyrrole nitrogens is 1. The van der Waals surface area contributed by atoms with Gasteiger partial charge in [0.1, 0.15) is 5.75 Å². The Morgan fingerprint density at radius 3 is 2.66 bits per heavy atom. The summed E-state index contributed by atoms with van der Waals surface area (Å²) in [7, 11) is 1.68. The van der Waals surface area contributed by atoms with Crippen LogP contribution in [0.3, 0.4) is 0 Å². The molecule has 0 aliphatic carbocycles. The molecule has 8 nitrogen and oxygen atoms in total. The summed E-state index contributed by atoms with van der Waals surface area (Å²) < 4.78 is 5.45. The molecule has 1 aliphatic heterocycles. The van der Waals surface area contributed by atoms with E-state index < -0.39 is 0 Å². The number of ether oxygens (including phenoxy) is 1. The van der Waals surface area contributed by atoms with Crippen molar-refractivity contribution >= 4 is 23.4 Å². The number of aromatic nitrogens is 4. The Hall–Kier alpha value is -3.07. The van der Waals surface area contributed by atoms with Gasteiger partial charge in [-0.25, -0.2) is 4.98 Å². The number of para-hydroxylation sites is 2. The average Bonchev–Trinajstić information content (AvgIpc) is 3.27. The lowest BCUT2D eigenvalue weighted by atomic mass is 10.2. The highest BCUT2D eigenvalue weighted by atomic mass is 32.2. The van der Waals surface area contributed by atoms with Crippen molar-refractivity contribution in [3.63, 3.8) is 0 Å². The predicted molar refractivity (Wildman–Crippen MR) is 112 cm³/mol. The summed E-state index contributed by atoms with van der Waals surface area (Å²) in [5, 5.41) is 7.67. The number of hydrogen-bond donors (Lipinski definition) is 1. The highest BCUT2D eigenvalue weighted by molar-refractivity contribution is 7.99. The lowest BCUT2D eigenvalue weighted by molar-refractivity contribution is -0.128. The van der Waals surface area contributed by atoms with Crippen molar-refractivity contribution in [3.05, 3.63) is 48.8 Å². The summed E-state index contributed by atoms with van der Waals surface area (Å²) in [6, 6.07) is 11.7. The second kappa shape index (κ2) is 8.95. The number of pyridine rings is 1. The Balaban J connectivity index is 1.29. The SMILES string of the molecule is COc1ccccc1N1CCN(C(=O)CSc2n[nH]c(-c3ccncc3)n2)CC1. The van der Waals surface area contributed by atoms with Crippen molar-refractivity contribution in [2.24, 2.45) is 0 Å². The number of piperazine rings is 1. The molecule has 0 spiro atoms. The van der Waals surface area contributed by atoms with E-state index in [-0.39, 0.29) is 5.91 Å². The van der Waals surface area contributed by atoms with Gasteiger partial charge in [0.2, 0.25) is 11.1 Å². The first-order valence-electron chi connectivity index (χ1n) is 9.36. The fraction of sp³-hybridized carbons (Fsp3) is 0.300. The molecule has 9 heteroatoms. The second-order valence-electron chi connectivity index (χ2n) is 6.53. The van der Waals surface area contributed by atoms with E-state index in [4.69, 9.17) is 4.74 Å². The number of anilines is 1. The molecule has 1 amide bonds. The maximum absolute atomic E-state index is 12.6. The lowest BCUT2D eigenvalue weighted by Gasteiger charge is -2.36. The first-order valence-corrected chi connectivity index (χ1v) is 10.3. The van der Waals surface area contributed by atoms with Crippen LogP contribution in [-0.4, -0.2) is 70.0 Å². The second-order valence-corrected chi connectivity index (χ2v) is 7.47. The fourth-order valence-electron chi connectivity index (χ4n) is 3.26. The zero-order valence-electron chi connectivity index (χ0n) is 16.1. The van der Waals surface area contributed by atoms with Gasteiger partial charge < -0.3 is 14.5 Å². The molecule has 0 atom stereocenters. The minimum Gasteiger partial charge on any atom is -0.495 e. The van der Waals surface area contributed by atoms with Crippen LogP contribution in [0.5, 0.6) is 5.75 Å². The Morgan fingerprint density at radius 2 is 1.90 bits per heavy atom. The number of methoxy groups -OCH3 is 1. The zero-order chi connectivity index (χ0) is 20.1. The van der Waals surface area contributed by atoms with E-state index in [1.807, 2.05) is 35.2 Å². The zero-order valence-corrected chi connectivity index (χ0v) is 16.9. The van der Waals surface area contributed by atoms with Crippen LogP contribution in [0.4, 0.5) is 5.69 Å². The largest absolute Gasteiger partial charge is 0.495 e. The number of carbonyl (C=O) groups is 1. The first kappa shape index (κ1) is 19.3. The van der Waals surface area contributed by atoms with Crippen molar-refractivity contribution in [2.75, 3.05) is 43.9 Å². The minimum absolute atomic E-state index is 0.102. The number of benzene rings is 1. The summed E-state index contributed by atoms with van der Waals surface area (Å²) in [4.78, 5) is 25.2. The Labute approximate surface area is 173 Å². The first-order chi connectivity index (χ1) is 14.2. The van der Waals surface area contributed by atoms with Crippen LogP contribution < -0.4 is 9.64 Å². The van der Waals surface area contributed by atoms with Crippen LogP contribution in [0, 0.1) is 0 Å². The molecule has 0 bridgehead atoms. The predicted octanol–water partition coefficient (Wildman–Crippen LogP) is 2.32. The van der Waals surface area contributed by atoms with Crippen molar-refractivity contribution in [3.8, 4) is 17.1 Å². The molecular formula is C20H22N6O2S. The molecular weight excluding hydrogens is 388 g/mol. The molecule has 1 fully saturated rings. The molecule has 3 aromatic rings. The molecule has 2 aromatic heterocycles. The summed E-state index contributed by atoms with van der Waals surface area (Å²) >= 11 is 1.35. The highest BCUT2D eigenvalue weighted by Gasteiger charge is 2.23. The maximum atomic E-state index is 12.6. The van der Waals surface area contributed by atoms with E-state index in [0.717, 1.165) is 30.1 Å². The molecule has 3 heterocycles. The molecule has 150 valence electrons. The third-order valence-corrected chi connectivity index (χ3v) is 5.63. The van der Waals surface area contributed by atoms with Crippen molar-refractivity contribution in [2.45, 2.75) is 5.16 Å². The molecule has 1 N–H and O–H groups in total. The van der Waals surface area contributed by atoms with Gasteiger partial charge in [-0.3, -0.25) is 14.9 Å². The molecule has 1 aromatic carbocycles. The van der Waals surface area contributed by atoms with E-state index in [9.17, 15) is 4.79 Å². The van der Waals surface area contributed by atoms with Gasteiger partial charge in [-0.1, -0.05) is 23.9 Å². The minimum atomic E-state index is 0.102. The van der Waals surface area contributed by atoms with Crippen molar-refractivity contribution in [1.82, 2.24) is 25.1 Å². The summed E-state index contributed by atoms with van der Waals surface area (Å²) in [5.74, 6) is 1.96. The van der Waals surface area contributed by atoms with Crippen molar-refractivity contribution in [1.29, 1.82) is 0 Å². The smallest absolute Gasteiger partial charge is 0.233 e. The van der Waals surface area contributed by atoms with Crippen LogP contribution in [0.15, 0.2) is 53.9 Å². The van der Waals surface area contributed by atoms with Gasteiger partial charge in [-0.2, -0.15) is 0 Å². The fourth-order valence-corrected chi connectivity index (χ4v) is 3.96. The van der Waals surface area contributed by atoms with E-state index in [1.165, 1.54) is 11.8 Å². The van der Waals surface area contributed by atoms with E-state index in [1.54, 1.807) is 19.5 Å². The Morgan fingerprint density at radius 1 is 1.14 bits per heavy atom. The normalized spacial score (nSPS) is 14.1. The van der Waals surface area contributed by atoms with Gasteiger partial charge in [0.25, 0.3) is 0 Å². The summed E-state index contributed by atoms with van der Waals surface area (Å²) in [6.07, 6.45) is 3.41. The van der Waals surface area contributed by atoms with Gasteiger partial charge in [0.05, 0.1) is 18.6 Å². The van der Waals surface area contributed by atoms with E-state index in [2.05, 4.69) is 31.1 Å². The lowest BCUT2D eigenvalue weighted by Crippen LogP contribution is -2.49. The number of carbonyl (C=O) groups excluding carboxylic acids is 1. The third kappa shape index (κ3) is 4.51. The number of thioether (sulfide) groups is 1. The standard InChI is InChI=1S/C20H22N6O2S/c1-28-17-5-3-2-4-16(17)25-10-12-26(13-11-25)18(27)14-29-20-22-19(23-24-20)15-6-8-21-9-7-15/h2-9H,10-14H2,1H3,(H,22,23,24). The van der Waals surface area contributed by atoms with Crippen molar-refractivity contribution < 1.29 is 9.53 Å². The van der Waals surface area contributed by atoms with Gasteiger partial charge in [-0.05, 0) is 24.3 Å². The molecule has 4 rings (SSSR count). The van der Waals surface area contributed by atoms with Crippen LogP contribution in [0.2, 0.25) is 0 Å². The quantitative estimate of drug-likeness (QED) is 0.624. The van der Waals surface area contributed by atoms with Crippen LogP contribution in [0.25, 0.3) is 11.4 Å². The van der Waals surface area contributed by atoms with Gasteiger partial charge >= 0.3 is 0 Å². The molecule has 29 heavy (non-hydrogen) atoms. The van der Waals surface area contributed by atoms with E-state index >= 15 is 0 Å². The summed E-state index contributed by atoms with van der Waals surface area (Å²) in [5.41, 5.74) is 1.99. The number of amides is 1. The number of rotatable bonds is 6. The third-order valence-electron chi connectivity index (χ3n) is 4.80. The number of nitrogens with one attached hydrogen (secondary N) is 1. The molecule has 0 saturated carbocycles. The molecule has 0 radical (unpaired) electrons. The highest BCUT2D eigenvalue weighted by Crippen LogP contribution is 2.28. The average molecular weight is 411 g/mol. The summed E-state index contributed by atoms with van der Waals surface area (Å²) in [6.45, 7) is 2.94. The molecule has 1 saturated heterocycles. The number of aromatic amines is 1. The monoisotopic (exact) mass is 410 g/mol. The van der Waals surface area contributed by atoms with Crippen LogP contribution in [0.1, 0.15) is 0 Å². The Bertz CT molecular complexity index is 956. The van der Waals surface area contributed by atoms with Crippen LogP contribution >= 0.6 is 11.8 Å². The Kier molecular flexibility index (Phi) is 5.95. The van der Waals surface area contributed by atoms with Gasteiger partial charge in [0.15, 0.2) is 5.82 Å². The maximum Gasteiger partial charge on any atom is 0.233 e. The van der Waals surface area contributed by atoms with E-state index in [0.29, 0.717) is 29.8 Å². The molecule has 0 unspecified atom stereocenters. The topological polar surface area (TPSA) is 87.2 Å².